The van der Waals surface area contributed by atoms with Crippen molar-refractivity contribution in [3.63, 3.8) is 0 Å². The Balaban J connectivity index is 1.66. The number of aliphatic carboxylic acids is 1. The Bertz CT molecular complexity index is 1600. The van der Waals surface area contributed by atoms with Gasteiger partial charge in [0.05, 0.1) is 12.7 Å². The number of hydrogen-bond donors (Lipinski definition) is 10. The highest BCUT2D eigenvalue weighted by molar-refractivity contribution is 5.95. The summed E-state index contributed by atoms with van der Waals surface area (Å²) in [7, 11) is 0. The van der Waals surface area contributed by atoms with Crippen LogP contribution in [-0.4, -0.2) is 112 Å². The summed E-state index contributed by atoms with van der Waals surface area (Å²) >= 11 is 0. The van der Waals surface area contributed by atoms with E-state index < -0.39 is 72.5 Å². The number of amides is 4. The predicted molar refractivity (Wildman–Crippen MR) is 178 cm³/mol. The molecular formula is C32H46N8O9. The summed E-state index contributed by atoms with van der Waals surface area (Å²) in [5, 5.41) is 47.5. The minimum Gasteiger partial charge on any atom is -0.480 e. The Morgan fingerprint density at radius 1 is 0.980 bits per heavy atom. The van der Waals surface area contributed by atoms with E-state index >= 15 is 0 Å². The summed E-state index contributed by atoms with van der Waals surface area (Å²) in [5.74, 6) is -4.65. The number of nitrogens with one attached hydrogen (secondary N) is 5. The van der Waals surface area contributed by atoms with Crippen LogP contribution < -0.4 is 32.7 Å². The maximum absolute atomic E-state index is 13.3. The number of carboxylic acids is 1. The molecule has 0 saturated carbocycles. The Hall–Kier alpha value is -5.00. The van der Waals surface area contributed by atoms with Gasteiger partial charge in [0.1, 0.15) is 41.6 Å². The molecule has 0 aliphatic carbocycles. The lowest BCUT2D eigenvalue weighted by molar-refractivity contribution is -0.142. The van der Waals surface area contributed by atoms with Gasteiger partial charge in [-0.3, -0.25) is 24.6 Å². The van der Waals surface area contributed by atoms with Gasteiger partial charge in [-0.05, 0) is 56.9 Å². The zero-order valence-corrected chi connectivity index (χ0v) is 27.9. The van der Waals surface area contributed by atoms with Crippen LogP contribution >= 0.6 is 0 Å². The van der Waals surface area contributed by atoms with E-state index in [9.17, 15) is 39.3 Å². The number of fused-ring (bicyclic) bond motifs is 1. The van der Waals surface area contributed by atoms with Gasteiger partial charge in [0, 0.05) is 24.9 Å². The lowest BCUT2D eigenvalue weighted by Gasteiger charge is -2.25. The first kappa shape index (κ1) is 38.4. The van der Waals surface area contributed by atoms with Gasteiger partial charge in [-0.15, -0.1) is 0 Å². The number of nitrogens with zero attached hydrogens (tertiary/aromatic N) is 1. The number of carboxylic acid groups (broad SMARTS) is 1. The van der Waals surface area contributed by atoms with Crippen LogP contribution in [0, 0.1) is 12.3 Å². The van der Waals surface area contributed by atoms with Crippen LogP contribution in [0.2, 0.25) is 0 Å². The highest BCUT2D eigenvalue weighted by Gasteiger charge is 2.32. The molecule has 6 unspecified atom stereocenters. The Kier molecular flexibility index (Phi) is 13.3. The van der Waals surface area contributed by atoms with E-state index in [0.29, 0.717) is 23.5 Å². The number of rotatable bonds is 16. The molecule has 0 radical (unpaired) electrons. The average molecular weight is 687 g/mol. The van der Waals surface area contributed by atoms with E-state index in [1.165, 1.54) is 18.7 Å². The number of nitrogens with two attached hydrogens (primary N) is 2. The Labute approximate surface area is 282 Å². The number of benzene rings is 1. The molecule has 268 valence electrons. The van der Waals surface area contributed by atoms with Crippen molar-refractivity contribution in [1.82, 2.24) is 26.2 Å². The smallest absolute Gasteiger partial charge is 0.326 e. The molecule has 1 aliphatic heterocycles. The number of carbonyl (C=O) groups is 5. The fourth-order valence-corrected chi connectivity index (χ4v) is 5.16. The third-order valence-corrected chi connectivity index (χ3v) is 8.34. The highest BCUT2D eigenvalue weighted by atomic mass is 16.4. The van der Waals surface area contributed by atoms with Gasteiger partial charge in [0.15, 0.2) is 5.96 Å². The van der Waals surface area contributed by atoms with Gasteiger partial charge in [-0.25, -0.2) is 4.79 Å². The van der Waals surface area contributed by atoms with E-state index in [-0.39, 0.29) is 25.3 Å². The molecular weight excluding hydrogens is 640 g/mol. The second-order valence-electron chi connectivity index (χ2n) is 12.1. The predicted octanol–water partition coefficient (Wildman–Crippen LogP) is -1.88. The van der Waals surface area contributed by atoms with Gasteiger partial charge >= 0.3 is 5.97 Å². The quantitative estimate of drug-likeness (QED) is 0.0527. The molecule has 4 amide bonds. The summed E-state index contributed by atoms with van der Waals surface area (Å²) in [6, 6.07) is -1.23. The SMILES string of the molecule is CCc1ccc2oc(CC(NC(=O)C(C)NC(=O)C(CO)NC(=O)C(CC3=CCN(C(=N)N)C3)NC(=O)C(N)C(C)O)C(=O)O)c(C)c2c1. The average Bonchev–Trinajstić information content (AvgIpc) is 3.65. The third-order valence-electron chi connectivity index (χ3n) is 8.34. The Morgan fingerprint density at radius 3 is 2.18 bits per heavy atom. The highest BCUT2D eigenvalue weighted by Crippen LogP contribution is 2.27. The first-order valence-corrected chi connectivity index (χ1v) is 15.8. The number of guanidine groups is 1. The minimum atomic E-state index is -1.57. The first-order valence-electron chi connectivity index (χ1n) is 15.8. The fourth-order valence-electron chi connectivity index (χ4n) is 5.16. The van der Waals surface area contributed by atoms with Crippen molar-refractivity contribution < 1.29 is 43.7 Å². The monoisotopic (exact) mass is 686 g/mol. The molecule has 0 bridgehead atoms. The molecule has 1 aromatic heterocycles. The maximum atomic E-state index is 13.3. The number of aliphatic hydroxyl groups is 2. The normalized spacial score (nSPS) is 16.5. The van der Waals surface area contributed by atoms with Crippen molar-refractivity contribution in [3.8, 4) is 0 Å². The fraction of sp³-hybridized carbons (Fsp3) is 0.500. The zero-order valence-electron chi connectivity index (χ0n) is 27.9. The van der Waals surface area contributed by atoms with Crippen LogP contribution in [0.5, 0.6) is 0 Å². The van der Waals surface area contributed by atoms with Gasteiger partial charge in [0.25, 0.3) is 0 Å². The van der Waals surface area contributed by atoms with E-state index in [4.69, 9.17) is 21.3 Å². The van der Waals surface area contributed by atoms with E-state index in [0.717, 1.165) is 22.9 Å². The van der Waals surface area contributed by atoms with Crippen LogP contribution in [-0.2, 0) is 36.8 Å². The van der Waals surface area contributed by atoms with Crippen molar-refractivity contribution in [2.24, 2.45) is 11.5 Å². The maximum Gasteiger partial charge on any atom is 0.326 e. The number of aryl methyl sites for hydroxylation is 2. The molecule has 2 aromatic rings. The van der Waals surface area contributed by atoms with Crippen LogP contribution in [0.1, 0.15) is 44.1 Å². The van der Waals surface area contributed by atoms with Crippen LogP contribution in [0.4, 0.5) is 0 Å². The van der Waals surface area contributed by atoms with Crippen LogP contribution in [0.3, 0.4) is 0 Å². The summed E-state index contributed by atoms with van der Waals surface area (Å²) < 4.78 is 5.88. The van der Waals surface area contributed by atoms with Crippen molar-refractivity contribution in [1.29, 1.82) is 5.41 Å². The second kappa shape index (κ2) is 16.9. The summed E-state index contributed by atoms with van der Waals surface area (Å²) in [6.45, 7) is 6.04. The molecule has 0 fully saturated rings. The standard InChI is InChI=1S/C32H46N8O9/c1-5-18-6-7-24-20(10-18)15(2)25(49-24)12-22(31(47)48)38-27(43)16(3)36-29(45)23(14-41)39-28(44)21(37-30(46)26(33)17(4)42)11-19-8-9-40(13-19)32(34)35/h6-8,10,16-17,21-23,26,41-42H,5,9,11-14,33H2,1-4H3,(H3,34,35)(H,36,45)(H,37,46)(H,38,43)(H,39,44)(H,47,48). The molecule has 0 spiro atoms. The van der Waals surface area contributed by atoms with Gasteiger partial charge in [-0.1, -0.05) is 24.6 Å². The van der Waals surface area contributed by atoms with Crippen molar-refractivity contribution >= 4 is 46.5 Å². The molecule has 1 aromatic carbocycles. The van der Waals surface area contributed by atoms with Gasteiger partial charge < -0.3 is 57.4 Å². The number of carbonyl (C=O) groups excluding carboxylic acids is 4. The summed E-state index contributed by atoms with van der Waals surface area (Å²) in [4.78, 5) is 65.6. The lowest BCUT2D eigenvalue weighted by atomic mass is 10.0. The molecule has 1 aliphatic rings. The van der Waals surface area contributed by atoms with Gasteiger partial charge in [-0.2, -0.15) is 0 Å². The number of aliphatic hydroxyl groups excluding tert-OH is 2. The minimum absolute atomic E-state index is 0.0620. The molecule has 17 heteroatoms. The van der Waals surface area contributed by atoms with Crippen molar-refractivity contribution in [2.75, 3.05) is 19.7 Å². The molecule has 2 heterocycles. The Morgan fingerprint density at radius 2 is 1.61 bits per heavy atom. The van der Waals surface area contributed by atoms with Gasteiger partial charge in [0.2, 0.25) is 23.6 Å². The molecule has 49 heavy (non-hydrogen) atoms. The van der Waals surface area contributed by atoms with Crippen molar-refractivity contribution in [3.05, 3.63) is 46.7 Å². The second-order valence-corrected chi connectivity index (χ2v) is 12.1. The molecule has 3 rings (SSSR count). The largest absolute Gasteiger partial charge is 0.480 e. The van der Waals surface area contributed by atoms with E-state index in [2.05, 4.69) is 21.3 Å². The van der Waals surface area contributed by atoms with Crippen LogP contribution in [0.25, 0.3) is 11.0 Å². The lowest BCUT2D eigenvalue weighted by Crippen LogP contribution is -2.59. The van der Waals surface area contributed by atoms with Crippen LogP contribution in [0.15, 0.2) is 34.3 Å². The summed E-state index contributed by atoms with van der Waals surface area (Å²) in [6.07, 6.45) is 1.08. The molecule has 17 nitrogen and oxygen atoms in total. The number of hydrogen-bond acceptors (Lipinski definition) is 10. The zero-order chi connectivity index (χ0) is 36.6. The molecule has 12 N–H and O–H groups in total. The molecule has 6 atom stereocenters. The molecule has 0 saturated heterocycles. The third kappa shape index (κ3) is 10.0. The van der Waals surface area contributed by atoms with Crippen molar-refractivity contribution in [2.45, 2.75) is 83.3 Å². The first-order chi connectivity index (χ1) is 23.1. The summed E-state index contributed by atoms with van der Waals surface area (Å²) in [5.41, 5.74) is 14.3. The topological polar surface area (TPSA) is 286 Å². The van der Waals surface area contributed by atoms with E-state index in [1.54, 1.807) is 13.0 Å². The van der Waals surface area contributed by atoms with E-state index in [1.807, 2.05) is 25.1 Å². The number of furan rings is 1.